The van der Waals surface area contributed by atoms with E-state index in [2.05, 4.69) is 35.2 Å². The van der Waals surface area contributed by atoms with Crippen molar-refractivity contribution in [2.24, 2.45) is 0 Å². The van der Waals surface area contributed by atoms with Crippen molar-refractivity contribution in [2.45, 2.75) is 18.9 Å². The topological polar surface area (TPSA) is 50.9 Å². The van der Waals surface area contributed by atoms with Crippen LogP contribution in [0.1, 0.15) is 29.2 Å². The second-order valence-corrected chi connectivity index (χ2v) is 6.09. The fourth-order valence-corrected chi connectivity index (χ4v) is 3.47. The molecule has 0 saturated heterocycles. The number of fused-ring (bicyclic) bond motifs is 1. The summed E-state index contributed by atoms with van der Waals surface area (Å²) in [5.41, 5.74) is 4.30. The largest absolute Gasteiger partial charge is 0.314 e. The molecule has 0 amide bonds. The normalized spacial score (nSPS) is 15.9. The molecule has 1 N–H and O–H groups in total. The van der Waals surface area contributed by atoms with E-state index in [1.807, 2.05) is 30.5 Å². The van der Waals surface area contributed by atoms with Crippen LogP contribution in [0.25, 0.3) is 0 Å². The number of anilines is 1. The Morgan fingerprint density at radius 2 is 1.95 bits per heavy atom. The highest BCUT2D eigenvalue weighted by atomic mass is 32.2. The summed E-state index contributed by atoms with van der Waals surface area (Å²) >= 11 is 1.44. The van der Waals surface area contributed by atoms with Crippen molar-refractivity contribution < 1.29 is 0 Å². The lowest BCUT2D eigenvalue weighted by molar-refractivity contribution is 0.701. The third kappa shape index (κ3) is 2.60. The molecule has 1 unspecified atom stereocenters. The Hall–Kier alpha value is -2.25. The molecule has 0 bridgehead atoms. The smallest absolute Gasteiger partial charge is 0.161 e. The molecule has 2 aromatic carbocycles. The van der Waals surface area contributed by atoms with Gasteiger partial charge in [0.1, 0.15) is 0 Å². The SMILES string of the molecule is CSC(=N)N(c1ccc(C#N)cc1)C1CCc2ccccc21. The molecular formula is C18H17N3S. The summed E-state index contributed by atoms with van der Waals surface area (Å²) in [7, 11) is 0. The number of rotatable bonds is 2. The van der Waals surface area contributed by atoms with E-state index in [9.17, 15) is 0 Å². The Labute approximate surface area is 135 Å². The number of amidine groups is 1. The standard InChI is InChI=1S/C18H17N3S/c1-22-18(20)21(15-9-6-13(12-19)7-10-15)17-11-8-14-4-2-3-5-16(14)17/h2-7,9-10,17,20H,8,11H2,1H3. The molecule has 0 aliphatic heterocycles. The van der Waals surface area contributed by atoms with Gasteiger partial charge in [-0.25, -0.2) is 0 Å². The molecule has 3 nitrogen and oxygen atoms in total. The van der Waals surface area contributed by atoms with Crippen molar-refractivity contribution in [3.8, 4) is 6.07 Å². The first kappa shape index (κ1) is 14.7. The Morgan fingerprint density at radius 3 is 2.64 bits per heavy atom. The summed E-state index contributed by atoms with van der Waals surface area (Å²) in [5.74, 6) is 0. The lowest BCUT2D eigenvalue weighted by Gasteiger charge is -2.31. The zero-order chi connectivity index (χ0) is 15.5. The molecule has 2 aromatic rings. The van der Waals surface area contributed by atoms with Crippen LogP contribution in [-0.2, 0) is 6.42 Å². The van der Waals surface area contributed by atoms with Crippen molar-refractivity contribution in [2.75, 3.05) is 11.2 Å². The van der Waals surface area contributed by atoms with Gasteiger partial charge in [0.05, 0.1) is 17.7 Å². The molecule has 1 atom stereocenters. The van der Waals surface area contributed by atoms with E-state index >= 15 is 0 Å². The molecule has 22 heavy (non-hydrogen) atoms. The molecule has 1 aliphatic rings. The number of aryl methyl sites for hydroxylation is 1. The van der Waals surface area contributed by atoms with Crippen LogP contribution in [0, 0.1) is 16.7 Å². The second kappa shape index (κ2) is 6.25. The highest BCUT2D eigenvalue weighted by Gasteiger charge is 2.30. The van der Waals surface area contributed by atoms with Crippen LogP contribution < -0.4 is 4.90 Å². The van der Waals surface area contributed by atoms with Gasteiger partial charge in [0.15, 0.2) is 5.17 Å². The number of hydrogen-bond donors (Lipinski definition) is 1. The minimum Gasteiger partial charge on any atom is -0.314 e. The van der Waals surface area contributed by atoms with Gasteiger partial charge in [-0.05, 0) is 54.5 Å². The molecular weight excluding hydrogens is 290 g/mol. The van der Waals surface area contributed by atoms with Crippen LogP contribution in [0.2, 0.25) is 0 Å². The molecule has 110 valence electrons. The maximum Gasteiger partial charge on any atom is 0.161 e. The molecule has 0 radical (unpaired) electrons. The van der Waals surface area contributed by atoms with Gasteiger partial charge in [0, 0.05) is 5.69 Å². The van der Waals surface area contributed by atoms with Crippen molar-refractivity contribution in [1.29, 1.82) is 10.7 Å². The Kier molecular flexibility index (Phi) is 4.17. The first-order valence-corrected chi connectivity index (χ1v) is 8.47. The van der Waals surface area contributed by atoms with E-state index in [1.165, 1.54) is 22.9 Å². The molecule has 1 aliphatic carbocycles. The van der Waals surface area contributed by atoms with E-state index < -0.39 is 0 Å². The zero-order valence-corrected chi connectivity index (χ0v) is 13.2. The van der Waals surface area contributed by atoms with E-state index in [-0.39, 0.29) is 6.04 Å². The van der Waals surface area contributed by atoms with E-state index in [0.29, 0.717) is 10.7 Å². The predicted octanol–water partition coefficient (Wildman–Crippen LogP) is 4.35. The van der Waals surface area contributed by atoms with Crippen LogP contribution >= 0.6 is 11.8 Å². The Morgan fingerprint density at radius 1 is 1.23 bits per heavy atom. The molecule has 0 aromatic heterocycles. The van der Waals surface area contributed by atoms with Crippen LogP contribution in [0.3, 0.4) is 0 Å². The van der Waals surface area contributed by atoms with Gasteiger partial charge in [-0.1, -0.05) is 36.0 Å². The van der Waals surface area contributed by atoms with Gasteiger partial charge in [-0.15, -0.1) is 0 Å². The zero-order valence-electron chi connectivity index (χ0n) is 12.4. The maximum atomic E-state index is 8.95. The fraction of sp³-hybridized carbons (Fsp3) is 0.222. The number of nitrogens with zero attached hydrogens (tertiary/aromatic N) is 2. The molecule has 0 heterocycles. The second-order valence-electron chi connectivity index (χ2n) is 5.29. The van der Waals surface area contributed by atoms with Gasteiger partial charge < -0.3 is 4.90 Å². The number of benzene rings is 2. The predicted molar refractivity (Wildman–Crippen MR) is 92.4 cm³/mol. The molecule has 0 spiro atoms. The Balaban J connectivity index is 2.01. The van der Waals surface area contributed by atoms with Crippen molar-refractivity contribution in [3.63, 3.8) is 0 Å². The van der Waals surface area contributed by atoms with Gasteiger partial charge in [0.2, 0.25) is 0 Å². The summed E-state index contributed by atoms with van der Waals surface area (Å²) in [6, 6.07) is 18.3. The lowest BCUT2D eigenvalue weighted by atomic mass is 10.1. The number of thioether (sulfide) groups is 1. The number of hydrogen-bond acceptors (Lipinski definition) is 3. The summed E-state index contributed by atoms with van der Waals surface area (Å²) in [6.45, 7) is 0. The molecule has 0 fully saturated rings. The monoisotopic (exact) mass is 307 g/mol. The Bertz CT molecular complexity index is 731. The summed E-state index contributed by atoms with van der Waals surface area (Å²) in [4.78, 5) is 2.08. The average Bonchev–Trinajstić information content (AvgIpc) is 2.99. The number of nitrogens with one attached hydrogen (secondary N) is 1. The van der Waals surface area contributed by atoms with Crippen LogP contribution in [0.4, 0.5) is 5.69 Å². The highest BCUT2D eigenvalue weighted by Crippen LogP contribution is 2.39. The first-order valence-electron chi connectivity index (χ1n) is 7.24. The first-order chi connectivity index (χ1) is 10.7. The average molecular weight is 307 g/mol. The summed E-state index contributed by atoms with van der Waals surface area (Å²) in [6.07, 6.45) is 4.00. The maximum absolute atomic E-state index is 8.95. The van der Waals surface area contributed by atoms with E-state index in [1.54, 1.807) is 0 Å². The highest BCUT2D eigenvalue weighted by molar-refractivity contribution is 8.13. The minimum absolute atomic E-state index is 0.198. The fourth-order valence-electron chi connectivity index (χ4n) is 3.04. The van der Waals surface area contributed by atoms with Gasteiger partial charge in [-0.3, -0.25) is 5.41 Å². The molecule has 4 heteroatoms. The lowest BCUT2D eigenvalue weighted by Crippen LogP contribution is -2.31. The van der Waals surface area contributed by atoms with Crippen molar-refractivity contribution in [1.82, 2.24) is 0 Å². The van der Waals surface area contributed by atoms with E-state index in [0.717, 1.165) is 18.5 Å². The summed E-state index contributed by atoms with van der Waals surface area (Å²) < 4.78 is 0. The van der Waals surface area contributed by atoms with Crippen LogP contribution in [0.15, 0.2) is 48.5 Å². The number of nitriles is 1. The van der Waals surface area contributed by atoms with Crippen LogP contribution in [-0.4, -0.2) is 11.4 Å². The van der Waals surface area contributed by atoms with Gasteiger partial charge >= 0.3 is 0 Å². The summed E-state index contributed by atoms with van der Waals surface area (Å²) in [5, 5.41) is 17.8. The molecule has 0 saturated carbocycles. The van der Waals surface area contributed by atoms with Crippen molar-refractivity contribution in [3.05, 3.63) is 65.2 Å². The van der Waals surface area contributed by atoms with Gasteiger partial charge in [0.25, 0.3) is 0 Å². The molecule has 3 rings (SSSR count). The van der Waals surface area contributed by atoms with Gasteiger partial charge in [-0.2, -0.15) is 5.26 Å². The van der Waals surface area contributed by atoms with E-state index in [4.69, 9.17) is 10.7 Å². The third-order valence-corrected chi connectivity index (χ3v) is 4.68. The minimum atomic E-state index is 0.198. The quantitative estimate of drug-likeness (QED) is 0.663. The third-order valence-electron chi connectivity index (χ3n) is 4.10. The van der Waals surface area contributed by atoms with Crippen molar-refractivity contribution >= 4 is 22.6 Å². The van der Waals surface area contributed by atoms with Crippen LogP contribution in [0.5, 0.6) is 0 Å².